The molecule has 0 atom stereocenters. The van der Waals surface area contributed by atoms with Crippen molar-refractivity contribution in [3.05, 3.63) is 52.0 Å². The molecule has 0 aliphatic heterocycles. The van der Waals surface area contributed by atoms with Gasteiger partial charge in [0.2, 0.25) is 5.89 Å². The first-order valence-corrected chi connectivity index (χ1v) is 6.48. The number of aromatic nitrogens is 1. The Morgan fingerprint density at radius 1 is 1.05 bits per heavy atom. The number of oxazole rings is 1. The van der Waals surface area contributed by atoms with E-state index >= 15 is 0 Å². The lowest BCUT2D eigenvalue weighted by molar-refractivity contribution is 0.620. The molecule has 0 aliphatic rings. The largest absolute Gasteiger partial charge is 0.436 e. The van der Waals surface area contributed by atoms with Crippen LogP contribution in [0.1, 0.15) is 5.56 Å². The predicted molar refractivity (Wildman–Crippen MR) is 77.4 cm³/mol. The molecule has 0 aliphatic carbocycles. The Balaban J connectivity index is 2.11. The highest BCUT2D eigenvalue weighted by Crippen LogP contribution is 2.30. The summed E-state index contributed by atoms with van der Waals surface area (Å²) in [5.41, 5.74) is 8.91. The zero-order valence-corrected chi connectivity index (χ0v) is 11.4. The molecule has 0 saturated carbocycles. The first-order chi connectivity index (χ1) is 9.17. The molecule has 1 heterocycles. The minimum Gasteiger partial charge on any atom is -0.436 e. The molecule has 3 nitrogen and oxygen atoms in total. The average molecular weight is 293 g/mol. The molecule has 5 heteroatoms. The van der Waals surface area contributed by atoms with Gasteiger partial charge in [0.15, 0.2) is 5.58 Å². The molecule has 3 rings (SSSR count). The van der Waals surface area contributed by atoms with Gasteiger partial charge in [-0.1, -0.05) is 29.3 Å². The number of rotatable bonds is 2. The van der Waals surface area contributed by atoms with Crippen LogP contribution in [0.4, 0.5) is 0 Å². The highest BCUT2D eigenvalue weighted by Gasteiger charge is 2.10. The van der Waals surface area contributed by atoms with Crippen LogP contribution in [0.15, 0.2) is 40.8 Å². The molecule has 0 fully saturated rings. The van der Waals surface area contributed by atoms with Crippen LogP contribution in [0.2, 0.25) is 10.0 Å². The molecule has 0 saturated heterocycles. The van der Waals surface area contributed by atoms with Crippen LogP contribution in [0.25, 0.3) is 22.6 Å². The van der Waals surface area contributed by atoms with E-state index in [9.17, 15) is 0 Å². The normalized spacial score (nSPS) is 11.1. The monoisotopic (exact) mass is 292 g/mol. The summed E-state index contributed by atoms with van der Waals surface area (Å²) in [5.74, 6) is 0.516. The van der Waals surface area contributed by atoms with Crippen molar-refractivity contribution >= 4 is 34.3 Å². The summed E-state index contributed by atoms with van der Waals surface area (Å²) in [6, 6.07) is 11.0. The van der Waals surface area contributed by atoms with Crippen molar-refractivity contribution in [2.45, 2.75) is 6.54 Å². The van der Waals surface area contributed by atoms with Crippen molar-refractivity contribution < 1.29 is 4.42 Å². The van der Waals surface area contributed by atoms with Crippen molar-refractivity contribution in [3.63, 3.8) is 0 Å². The summed E-state index contributed by atoms with van der Waals surface area (Å²) in [6.07, 6.45) is 0. The lowest BCUT2D eigenvalue weighted by atomic mass is 10.2. The average Bonchev–Trinajstić information content (AvgIpc) is 2.84. The van der Waals surface area contributed by atoms with Crippen molar-refractivity contribution in [3.8, 4) is 11.5 Å². The van der Waals surface area contributed by atoms with Crippen molar-refractivity contribution in [2.75, 3.05) is 0 Å². The van der Waals surface area contributed by atoms with E-state index in [0.717, 1.165) is 22.2 Å². The molecule has 3 aromatic rings. The Labute approximate surface area is 119 Å². The smallest absolute Gasteiger partial charge is 0.227 e. The van der Waals surface area contributed by atoms with E-state index < -0.39 is 0 Å². The topological polar surface area (TPSA) is 52.0 Å². The van der Waals surface area contributed by atoms with Crippen LogP contribution in [-0.2, 0) is 6.54 Å². The van der Waals surface area contributed by atoms with Gasteiger partial charge >= 0.3 is 0 Å². The van der Waals surface area contributed by atoms with Gasteiger partial charge in [0.05, 0.1) is 10.0 Å². The number of hydrogen-bond donors (Lipinski definition) is 1. The van der Waals surface area contributed by atoms with Crippen LogP contribution in [0.5, 0.6) is 0 Å². The summed E-state index contributed by atoms with van der Waals surface area (Å²) < 4.78 is 5.69. The second-order valence-corrected chi connectivity index (χ2v) is 4.97. The third-order valence-electron chi connectivity index (χ3n) is 2.85. The fourth-order valence-corrected chi connectivity index (χ4v) is 2.15. The second kappa shape index (κ2) is 4.85. The second-order valence-electron chi connectivity index (χ2n) is 4.15. The molecule has 0 unspecified atom stereocenters. The third-order valence-corrected chi connectivity index (χ3v) is 3.59. The number of benzene rings is 2. The lowest BCUT2D eigenvalue weighted by Crippen LogP contribution is -1.94. The summed E-state index contributed by atoms with van der Waals surface area (Å²) in [7, 11) is 0. The van der Waals surface area contributed by atoms with Crippen LogP contribution in [0.3, 0.4) is 0 Å². The van der Waals surface area contributed by atoms with Gasteiger partial charge in [-0.25, -0.2) is 4.98 Å². The minimum atomic E-state index is 0.476. The van der Waals surface area contributed by atoms with Crippen LogP contribution in [-0.4, -0.2) is 4.98 Å². The number of halogens is 2. The fourth-order valence-electron chi connectivity index (χ4n) is 1.85. The Kier molecular flexibility index (Phi) is 3.19. The van der Waals surface area contributed by atoms with E-state index in [-0.39, 0.29) is 0 Å². The number of hydrogen-bond acceptors (Lipinski definition) is 3. The van der Waals surface area contributed by atoms with E-state index in [2.05, 4.69) is 4.98 Å². The van der Waals surface area contributed by atoms with Gasteiger partial charge < -0.3 is 10.2 Å². The third kappa shape index (κ3) is 2.32. The Morgan fingerprint density at radius 2 is 1.89 bits per heavy atom. The number of nitrogens with zero attached hydrogens (tertiary/aromatic N) is 1. The van der Waals surface area contributed by atoms with Crippen LogP contribution >= 0.6 is 23.2 Å². The molecule has 0 spiro atoms. The quantitative estimate of drug-likeness (QED) is 0.768. The summed E-state index contributed by atoms with van der Waals surface area (Å²) in [6.45, 7) is 0.477. The molecule has 19 heavy (non-hydrogen) atoms. The van der Waals surface area contributed by atoms with E-state index in [1.54, 1.807) is 12.1 Å². The van der Waals surface area contributed by atoms with Crippen LogP contribution < -0.4 is 5.73 Å². The Morgan fingerprint density at radius 3 is 2.63 bits per heavy atom. The molecule has 1 aromatic heterocycles. The maximum atomic E-state index is 5.99. The molecular formula is C14H10Cl2N2O. The molecule has 0 amide bonds. The summed E-state index contributed by atoms with van der Waals surface area (Å²) >= 11 is 11.9. The number of fused-ring (bicyclic) bond motifs is 1. The van der Waals surface area contributed by atoms with E-state index in [1.807, 2.05) is 24.3 Å². The van der Waals surface area contributed by atoms with Gasteiger partial charge in [-0.2, -0.15) is 0 Å². The van der Waals surface area contributed by atoms with Gasteiger partial charge in [0.1, 0.15) is 5.52 Å². The maximum absolute atomic E-state index is 5.99. The maximum Gasteiger partial charge on any atom is 0.227 e. The lowest BCUT2D eigenvalue weighted by Gasteiger charge is -1.97. The fraction of sp³-hybridized carbons (Fsp3) is 0.0714. The van der Waals surface area contributed by atoms with Crippen molar-refractivity contribution in [2.24, 2.45) is 5.73 Å². The van der Waals surface area contributed by atoms with E-state index in [0.29, 0.717) is 22.5 Å². The van der Waals surface area contributed by atoms with E-state index in [1.165, 1.54) is 0 Å². The predicted octanol–water partition coefficient (Wildman–Crippen LogP) is 4.26. The molecule has 96 valence electrons. The Hall–Kier alpha value is -1.55. The first kappa shape index (κ1) is 12.5. The minimum absolute atomic E-state index is 0.476. The Bertz CT molecular complexity index is 752. The molecular weight excluding hydrogens is 283 g/mol. The highest BCUT2D eigenvalue weighted by atomic mass is 35.5. The molecule has 2 N–H and O–H groups in total. The van der Waals surface area contributed by atoms with Gasteiger partial charge in [0, 0.05) is 12.1 Å². The SMILES string of the molecule is NCc1ccc2oc(-c3ccc(Cl)c(Cl)c3)nc2c1. The molecule has 0 bridgehead atoms. The van der Waals surface area contributed by atoms with Crippen LogP contribution in [0, 0.1) is 0 Å². The van der Waals surface area contributed by atoms with Gasteiger partial charge in [0.25, 0.3) is 0 Å². The zero-order valence-electron chi connectivity index (χ0n) is 9.86. The van der Waals surface area contributed by atoms with Gasteiger partial charge in [-0.05, 0) is 35.9 Å². The standard InChI is InChI=1S/C14H10Cl2N2O/c15-10-3-2-9(6-11(10)16)14-18-12-5-8(7-17)1-4-13(12)19-14/h1-6H,7,17H2. The molecule has 2 aromatic carbocycles. The first-order valence-electron chi connectivity index (χ1n) is 5.72. The van der Waals surface area contributed by atoms with Gasteiger partial charge in [-0.3, -0.25) is 0 Å². The van der Waals surface area contributed by atoms with Crippen molar-refractivity contribution in [1.82, 2.24) is 4.98 Å². The van der Waals surface area contributed by atoms with Gasteiger partial charge in [-0.15, -0.1) is 0 Å². The number of nitrogens with two attached hydrogens (primary N) is 1. The highest BCUT2D eigenvalue weighted by molar-refractivity contribution is 6.42. The molecule has 0 radical (unpaired) electrons. The summed E-state index contributed by atoms with van der Waals surface area (Å²) in [4.78, 5) is 4.44. The zero-order chi connectivity index (χ0) is 13.4. The van der Waals surface area contributed by atoms with E-state index in [4.69, 9.17) is 33.4 Å². The van der Waals surface area contributed by atoms with Crippen molar-refractivity contribution in [1.29, 1.82) is 0 Å². The summed E-state index contributed by atoms with van der Waals surface area (Å²) in [5, 5.41) is 0.982.